The second kappa shape index (κ2) is 6.68. The second-order valence-electron chi connectivity index (χ2n) is 6.77. The zero-order valence-electron chi connectivity index (χ0n) is 14.7. The summed E-state index contributed by atoms with van der Waals surface area (Å²) in [5.74, 6) is -0.887. The van der Waals surface area contributed by atoms with Crippen LogP contribution in [0.1, 0.15) is 24.2 Å². The van der Waals surface area contributed by atoms with Crippen molar-refractivity contribution < 1.29 is 13.2 Å². The molecule has 1 saturated carbocycles. The van der Waals surface area contributed by atoms with Crippen LogP contribution in [0.5, 0.6) is 0 Å². The van der Waals surface area contributed by atoms with Crippen LogP contribution in [-0.2, 0) is 6.18 Å². The molecule has 0 unspecified atom stereocenters. The summed E-state index contributed by atoms with van der Waals surface area (Å²) in [6, 6.07) is 16.8. The van der Waals surface area contributed by atoms with Gasteiger partial charge in [0, 0.05) is 11.6 Å². The van der Waals surface area contributed by atoms with Gasteiger partial charge in [-0.15, -0.1) is 0 Å². The molecule has 3 aromatic rings. The van der Waals surface area contributed by atoms with E-state index in [2.05, 4.69) is 15.3 Å². The third-order valence-electron chi connectivity index (χ3n) is 4.47. The van der Waals surface area contributed by atoms with Gasteiger partial charge in [-0.1, -0.05) is 60.2 Å². The number of hydrogen-bond acceptors (Lipinski definition) is 3. The van der Waals surface area contributed by atoms with E-state index in [0.717, 1.165) is 24.0 Å². The monoisotopic (exact) mass is 369 g/mol. The second-order valence-corrected chi connectivity index (χ2v) is 6.77. The van der Waals surface area contributed by atoms with Crippen LogP contribution in [-0.4, -0.2) is 16.0 Å². The van der Waals surface area contributed by atoms with Crippen LogP contribution in [0.25, 0.3) is 22.4 Å². The molecule has 0 aliphatic heterocycles. The number of hydrogen-bond donors (Lipinski definition) is 1. The summed E-state index contributed by atoms with van der Waals surface area (Å²) in [6.07, 6.45) is -2.76. The average Bonchev–Trinajstić information content (AvgIpc) is 3.46. The summed E-state index contributed by atoms with van der Waals surface area (Å²) >= 11 is 0. The van der Waals surface area contributed by atoms with E-state index in [0.29, 0.717) is 11.1 Å². The van der Waals surface area contributed by atoms with Crippen LogP contribution in [0.3, 0.4) is 0 Å². The molecule has 138 valence electrons. The van der Waals surface area contributed by atoms with Crippen molar-refractivity contribution in [2.24, 2.45) is 0 Å². The van der Waals surface area contributed by atoms with Crippen molar-refractivity contribution in [1.29, 1.82) is 0 Å². The van der Waals surface area contributed by atoms with Crippen molar-refractivity contribution in [3.8, 4) is 22.4 Å². The number of nitrogens with zero attached hydrogens (tertiary/aromatic N) is 2. The summed E-state index contributed by atoms with van der Waals surface area (Å²) < 4.78 is 40.4. The van der Waals surface area contributed by atoms with Gasteiger partial charge in [0.15, 0.2) is 0 Å². The number of aryl methyl sites for hydroxylation is 1. The van der Waals surface area contributed by atoms with E-state index in [1.807, 2.05) is 49.4 Å². The first-order valence-electron chi connectivity index (χ1n) is 8.80. The molecule has 1 N–H and O–H groups in total. The Labute approximate surface area is 155 Å². The van der Waals surface area contributed by atoms with Crippen molar-refractivity contribution >= 4 is 5.82 Å². The van der Waals surface area contributed by atoms with Crippen LogP contribution >= 0.6 is 0 Å². The van der Waals surface area contributed by atoms with E-state index in [4.69, 9.17) is 0 Å². The maximum absolute atomic E-state index is 13.5. The van der Waals surface area contributed by atoms with Gasteiger partial charge in [0.2, 0.25) is 5.82 Å². The lowest BCUT2D eigenvalue weighted by molar-refractivity contribution is -0.144. The number of rotatable bonds is 4. The molecule has 1 aliphatic carbocycles. The Morgan fingerprint density at radius 2 is 1.56 bits per heavy atom. The lowest BCUT2D eigenvalue weighted by Crippen LogP contribution is -2.16. The van der Waals surface area contributed by atoms with E-state index < -0.39 is 12.0 Å². The minimum absolute atomic E-state index is 0.161. The van der Waals surface area contributed by atoms with Gasteiger partial charge in [-0.2, -0.15) is 13.2 Å². The Balaban J connectivity index is 1.98. The molecule has 4 rings (SSSR count). The Morgan fingerprint density at radius 3 is 2.15 bits per heavy atom. The van der Waals surface area contributed by atoms with Crippen molar-refractivity contribution in [3.05, 3.63) is 66.0 Å². The van der Waals surface area contributed by atoms with Crippen LogP contribution in [0.2, 0.25) is 0 Å². The van der Waals surface area contributed by atoms with Gasteiger partial charge in [0.05, 0.1) is 11.3 Å². The topological polar surface area (TPSA) is 37.8 Å². The lowest BCUT2D eigenvalue weighted by Gasteiger charge is -2.18. The predicted molar refractivity (Wildman–Crippen MR) is 99.3 cm³/mol. The van der Waals surface area contributed by atoms with Crippen molar-refractivity contribution in [1.82, 2.24) is 9.97 Å². The Kier molecular flexibility index (Phi) is 4.34. The maximum Gasteiger partial charge on any atom is 0.451 e. The van der Waals surface area contributed by atoms with Gasteiger partial charge in [-0.25, -0.2) is 9.97 Å². The number of aromatic nitrogens is 2. The highest BCUT2D eigenvalue weighted by molar-refractivity contribution is 5.88. The molecule has 3 nitrogen and oxygen atoms in total. The molecule has 1 fully saturated rings. The molecule has 0 spiro atoms. The molecule has 2 aromatic carbocycles. The third-order valence-corrected chi connectivity index (χ3v) is 4.47. The van der Waals surface area contributed by atoms with Crippen molar-refractivity contribution in [2.75, 3.05) is 5.32 Å². The SMILES string of the molecule is Cc1ccc(-c2nc(C(F)(F)F)nc(NC3CC3)c2-c2ccccc2)cc1. The number of nitrogens with one attached hydrogen (secondary N) is 1. The fourth-order valence-electron chi connectivity index (χ4n) is 2.91. The summed E-state index contributed by atoms with van der Waals surface area (Å²) in [5, 5.41) is 3.17. The number of benzene rings is 2. The molecule has 0 atom stereocenters. The van der Waals surface area contributed by atoms with Gasteiger partial charge < -0.3 is 5.32 Å². The minimum atomic E-state index is -4.62. The largest absolute Gasteiger partial charge is 0.451 e. The van der Waals surface area contributed by atoms with Crippen LogP contribution in [0.15, 0.2) is 54.6 Å². The molecule has 27 heavy (non-hydrogen) atoms. The molecule has 6 heteroatoms. The fourth-order valence-corrected chi connectivity index (χ4v) is 2.91. The number of halogens is 3. The zero-order valence-corrected chi connectivity index (χ0v) is 14.7. The highest BCUT2D eigenvalue weighted by atomic mass is 19.4. The summed E-state index contributed by atoms with van der Waals surface area (Å²) in [5.41, 5.74) is 3.32. The van der Waals surface area contributed by atoms with Crippen LogP contribution < -0.4 is 5.32 Å². The van der Waals surface area contributed by atoms with E-state index >= 15 is 0 Å². The molecular weight excluding hydrogens is 351 g/mol. The van der Waals surface area contributed by atoms with Crippen LogP contribution in [0.4, 0.5) is 19.0 Å². The van der Waals surface area contributed by atoms with E-state index in [1.54, 1.807) is 12.1 Å². The first-order valence-corrected chi connectivity index (χ1v) is 8.80. The summed E-state index contributed by atoms with van der Waals surface area (Å²) in [7, 11) is 0. The standard InChI is InChI=1S/C21H18F3N3/c1-13-7-9-15(10-8-13)18-17(14-5-3-2-4-6-14)19(25-16-11-12-16)27-20(26-18)21(22,23)24/h2-10,16H,11-12H2,1H3,(H,25,26,27). The first-order chi connectivity index (χ1) is 12.9. The van der Waals surface area contributed by atoms with Gasteiger partial charge >= 0.3 is 6.18 Å². The smallest absolute Gasteiger partial charge is 0.367 e. The van der Waals surface area contributed by atoms with Gasteiger partial charge in [-0.3, -0.25) is 0 Å². The molecule has 1 aromatic heterocycles. The molecule has 0 bridgehead atoms. The quantitative estimate of drug-likeness (QED) is 0.640. The average molecular weight is 369 g/mol. The molecule has 1 heterocycles. The molecule has 1 aliphatic rings. The van der Waals surface area contributed by atoms with Crippen molar-refractivity contribution in [3.63, 3.8) is 0 Å². The Hall–Kier alpha value is -2.89. The summed E-state index contributed by atoms with van der Waals surface area (Å²) in [6.45, 7) is 1.93. The van der Waals surface area contributed by atoms with E-state index in [1.165, 1.54) is 0 Å². The van der Waals surface area contributed by atoms with E-state index in [9.17, 15) is 13.2 Å². The van der Waals surface area contributed by atoms with Gasteiger partial charge in [0.25, 0.3) is 0 Å². The van der Waals surface area contributed by atoms with Gasteiger partial charge in [-0.05, 0) is 25.3 Å². The Bertz CT molecular complexity index is 947. The first kappa shape index (κ1) is 17.5. The predicted octanol–water partition coefficient (Wildman–Crippen LogP) is 5.71. The Morgan fingerprint density at radius 1 is 0.889 bits per heavy atom. The van der Waals surface area contributed by atoms with Gasteiger partial charge in [0.1, 0.15) is 5.82 Å². The molecule has 0 radical (unpaired) electrons. The highest BCUT2D eigenvalue weighted by Crippen LogP contribution is 2.40. The number of alkyl halides is 3. The molecule has 0 amide bonds. The zero-order chi connectivity index (χ0) is 19.0. The lowest BCUT2D eigenvalue weighted by atomic mass is 9.98. The maximum atomic E-state index is 13.5. The van der Waals surface area contributed by atoms with Crippen LogP contribution in [0, 0.1) is 6.92 Å². The highest BCUT2D eigenvalue weighted by Gasteiger charge is 2.37. The van der Waals surface area contributed by atoms with Crippen molar-refractivity contribution in [2.45, 2.75) is 32.0 Å². The summed E-state index contributed by atoms with van der Waals surface area (Å²) in [4.78, 5) is 7.79. The fraction of sp³-hybridized carbons (Fsp3) is 0.238. The van der Waals surface area contributed by atoms with E-state index in [-0.39, 0.29) is 17.6 Å². The third kappa shape index (κ3) is 3.79. The normalized spacial score (nSPS) is 14.2. The number of anilines is 1. The molecule has 0 saturated heterocycles. The minimum Gasteiger partial charge on any atom is -0.367 e. The molecular formula is C21H18F3N3.